The number of nitrogens with two attached hydrogens (primary N) is 1. The maximum atomic E-state index is 12.1. The number of carbonyl (C=O) groups excluding carboxylic acids is 2. The number of thiol groups is 1. The molecule has 3 N–H and O–H groups in total. The maximum Gasteiger partial charge on any atom is 0.262 e. The quantitative estimate of drug-likeness (QED) is 0.528. The summed E-state index contributed by atoms with van der Waals surface area (Å²) < 4.78 is 1.18. The normalized spacial score (nSPS) is 13.2. The SMILES string of the molecule is Nc1c2c(cc(=O)n1-c1cccc(S)c1)C(=O)NC2=O. The van der Waals surface area contributed by atoms with Crippen molar-refractivity contribution in [2.75, 3.05) is 5.73 Å². The predicted octanol–water partition coefficient (Wildman–Crippen LogP) is 0.592. The lowest BCUT2D eigenvalue weighted by Crippen LogP contribution is -2.24. The molecule has 7 heteroatoms. The number of nitrogens with zero attached hydrogens (tertiary/aromatic N) is 1. The van der Waals surface area contributed by atoms with E-state index in [1.165, 1.54) is 4.57 Å². The van der Waals surface area contributed by atoms with Gasteiger partial charge in [0.2, 0.25) is 0 Å². The van der Waals surface area contributed by atoms with Gasteiger partial charge in [-0.3, -0.25) is 24.3 Å². The van der Waals surface area contributed by atoms with Crippen LogP contribution in [0.15, 0.2) is 40.0 Å². The lowest BCUT2D eigenvalue weighted by atomic mass is 10.1. The summed E-state index contributed by atoms with van der Waals surface area (Å²) in [5, 5.41) is 2.12. The van der Waals surface area contributed by atoms with E-state index >= 15 is 0 Å². The van der Waals surface area contributed by atoms with E-state index in [0.717, 1.165) is 6.07 Å². The number of nitrogens with one attached hydrogen (secondary N) is 1. The molecule has 2 heterocycles. The molecule has 20 heavy (non-hydrogen) atoms. The Morgan fingerprint density at radius 2 is 1.85 bits per heavy atom. The van der Waals surface area contributed by atoms with Gasteiger partial charge >= 0.3 is 0 Å². The summed E-state index contributed by atoms with van der Waals surface area (Å²) in [4.78, 5) is 36.0. The number of benzene rings is 1. The Morgan fingerprint density at radius 3 is 2.55 bits per heavy atom. The number of rotatable bonds is 1. The van der Waals surface area contributed by atoms with Crippen LogP contribution in [0, 0.1) is 0 Å². The third-order valence-corrected chi connectivity index (χ3v) is 3.32. The van der Waals surface area contributed by atoms with Gasteiger partial charge < -0.3 is 5.73 Å². The molecule has 3 rings (SSSR count). The third-order valence-electron chi connectivity index (χ3n) is 3.04. The summed E-state index contributed by atoms with van der Waals surface area (Å²) in [6, 6.07) is 7.87. The van der Waals surface area contributed by atoms with Crippen molar-refractivity contribution < 1.29 is 9.59 Å². The van der Waals surface area contributed by atoms with Crippen LogP contribution in [0.5, 0.6) is 0 Å². The Hall–Kier alpha value is -2.54. The van der Waals surface area contributed by atoms with Gasteiger partial charge in [-0.05, 0) is 18.2 Å². The molecule has 0 saturated carbocycles. The molecule has 0 unspecified atom stereocenters. The van der Waals surface area contributed by atoms with Gasteiger partial charge in [0, 0.05) is 11.0 Å². The van der Waals surface area contributed by atoms with Crippen molar-refractivity contribution in [3.63, 3.8) is 0 Å². The second-order valence-electron chi connectivity index (χ2n) is 4.30. The fraction of sp³-hybridized carbons (Fsp3) is 0. The molecular formula is C13H9N3O3S. The number of amides is 2. The average molecular weight is 287 g/mol. The summed E-state index contributed by atoms with van der Waals surface area (Å²) in [6.07, 6.45) is 0. The Bertz CT molecular complexity index is 826. The van der Waals surface area contributed by atoms with Crippen LogP contribution < -0.4 is 16.6 Å². The molecule has 0 bridgehead atoms. The molecule has 1 aromatic heterocycles. The molecule has 2 amide bonds. The molecular weight excluding hydrogens is 278 g/mol. The van der Waals surface area contributed by atoms with E-state index in [4.69, 9.17) is 5.73 Å². The number of carbonyl (C=O) groups is 2. The Morgan fingerprint density at radius 1 is 1.10 bits per heavy atom. The van der Waals surface area contributed by atoms with E-state index in [2.05, 4.69) is 17.9 Å². The van der Waals surface area contributed by atoms with E-state index in [1.807, 2.05) is 0 Å². The van der Waals surface area contributed by atoms with E-state index in [9.17, 15) is 14.4 Å². The largest absolute Gasteiger partial charge is 0.384 e. The Labute approximate surface area is 118 Å². The molecule has 1 aliphatic heterocycles. The van der Waals surface area contributed by atoms with E-state index < -0.39 is 17.4 Å². The highest BCUT2D eigenvalue weighted by atomic mass is 32.1. The number of fused-ring (bicyclic) bond motifs is 1. The number of anilines is 1. The standard InChI is InChI=1S/C13H9N3O3S/c14-11-10-8(12(18)15-13(10)19)5-9(17)16(11)6-2-1-3-7(20)4-6/h1-5,20H,14H2,(H,15,18,19). The molecule has 1 aliphatic rings. The predicted molar refractivity (Wildman–Crippen MR) is 75.5 cm³/mol. The minimum atomic E-state index is -0.608. The average Bonchev–Trinajstić information content (AvgIpc) is 2.64. The molecule has 6 nitrogen and oxygen atoms in total. The van der Waals surface area contributed by atoms with Crippen LogP contribution in [-0.2, 0) is 0 Å². The van der Waals surface area contributed by atoms with Gasteiger partial charge in [-0.1, -0.05) is 6.07 Å². The minimum Gasteiger partial charge on any atom is -0.384 e. The summed E-state index contributed by atoms with van der Waals surface area (Å²) >= 11 is 4.20. The zero-order chi connectivity index (χ0) is 14.4. The minimum absolute atomic E-state index is 0.00998. The summed E-state index contributed by atoms with van der Waals surface area (Å²) in [7, 11) is 0. The smallest absolute Gasteiger partial charge is 0.262 e. The number of pyridine rings is 1. The van der Waals surface area contributed by atoms with Gasteiger partial charge in [0.05, 0.1) is 16.8 Å². The highest BCUT2D eigenvalue weighted by Crippen LogP contribution is 2.23. The zero-order valence-corrected chi connectivity index (χ0v) is 11.0. The summed E-state index contributed by atoms with van der Waals surface area (Å²) in [6.45, 7) is 0. The summed E-state index contributed by atoms with van der Waals surface area (Å²) in [5.74, 6) is -1.27. The zero-order valence-electron chi connectivity index (χ0n) is 10.1. The first-order valence-corrected chi connectivity index (χ1v) is 6.14. The molecule has 0 spiro atoms. The van der Waals surface area contributed by atoms with E-state index in [-0.39, 0.29) is 16.9 Å². The first-order chi connectivity index (χ1) is 9.49. The molecule has 0 atom stereocenters. The van der Waals surface area contributed by atoms with Crippen molar-refractivity contribution in [3.05, 3.63) is 51.8 Å². The molecule has 100 valence electrons. The van der Waals surface area contributed by atoms with Crippen LogP contribution in [0.2, 0.25) is 0 Å². The van der Waals surface area contributed by atoms with Crippen LogP contribution in [-0.4, -0.2) is 16.4 Å². The maximum absolute atomic E-state index is 12.1. The van der Waals surface area contributed by atoms with Crippen LogP contribution in [0.4, 0.5) is 5.82 Å². The molecule has 0 fully saturated rings. The van der Waals surface area contributed by atoms with Gasteiger partial charge in [0.15, 0.2) is 0 Å². The van der Waals surface area contributed by atoms with Crippen molar-refractivity contribution in [1.29, 1.82) is 0 Å². The number of hydrogen-bond acceptors (Lipinski definition) is 5. The van der Waals surface area contributed by atoms with Crippen molar-refractivity contribution in [2.45, 2.75) is 4.90 Å². The number of imide groups is 1. The third kappa shape index (κ3) is 1.71. The fourth-order valence-electron chi connectivity index (χ4n) is 2.18. The van der Waals surface area contributed by atoms with Gasteiger partial charge in [-0.2, -0.15) is 0 Å². The lowest BCUT2D eigenvalue weighted by molar-refractivity contribution is 0.0880. The van der Waals surface area contributed by atoms with Crippen molar-refractivity contribution in [2.24, 2.45) is 0 Å². The molecule has 0 saturated heterocycles. The summed E-state index contributed by atoms with van der Waals surface area (Å²) in [5.41, 5.74) is 5.93. The van der Waals surface area contributed by atoms with Crippen LogP contribution in [0.3, 0.4) is 0 Å². The number of nitrogen functional groups attached to an aromatic ring is 1. The van der Waals surface area contributed by atoms with Crippen LogP contribution in [0.1, 0.15) is 20.7 Å². The first-order valence-electron chi connectivity index (χ1n) is 5.69. The molecule has 1 aromatic carbocycles. The van der Waals surface area contributed by atoms with Crippen LogP contribution >= 0.6 is 12.6 Å². The lowest BCUT2D eigenvalue weighted by Gasteiger charge is -2.12. The second-order valence-corrected chi connectivity index (χ2v) is 4.81. The second kappa shape index (κ2) is 4.24. The topological polar surface area (TPSA) is 94.2 Å². The van der Waals surface area contributed by atoms with Crippen molar-refractivity contribution in [1.82, 2.24) is 9.88 Å². The van der Waals surface area contributed by atoms with Gasteiger partial charge in [-0.15, -0.1) is 12.6 Å². The molecule has 2 aromatic rings. The van der Waals surface area contributed by atoms with E-state index in [1.54, 1.807) is 24.3 Å². The van der Waals surface area contributed by atoms with Gasteiger partial charge in [-0.25, -0.2) is 0 Å². The highest BCUT2D eigenvalue weighted by molar-refractivity contribution is 7.80. The van der Waals surface area contributed by atoms with E-state index in [0.29, 0.717) is 10.6 Å². The number of hydrogen-bond donors (Lipinski definition) is 3. The Balaban J connectivity index is 2.35. The van der Waals surface area contributed by atoms with Gasteiger partial charge in [0.1, 0.15) is 5.82 Å². The molecule has 0 radical (unpaired) electrons. The van der Waals surface area contributed by atoms with Gasteiger partial charge in [0.25, 0.3) is 17.4 Å². The van der Waals surface area contributed by atoms with Crippen LogP contribution in [0.25, 0.3) is 5.69 Å². The fourth-order valence-corrected chi connectivity index (χ4v) is 2.40. The molecule has 0 aliphatic carbocycles. The number of aromatic nitrogens is 1. The van der Waals surface area contributed by atoms with Crippen molar-refractivity contribution >= 4 is 30.3 Å². The monoisotopic (exact) mass is 287 g/mol. The van der Waals surface area contributed by atoms with Crippen molar-refractivity contribution in [3.8, 4) is 5.69 Å². The first kappa shape index (κ1) is 12.5. The Kier molecular flexibility index (Phi) is 2.65. The highest BCUT2D eigenvalue weighted by Gasteiger charge is 2.31.